The fourth-order valence-corrected chi connectivity index (χ4v) is 1.60. The Balaban J connectivity index is 2.64. The normalized spacial score (nSPS) is 25.5. The van der Waals surface area contributed by atoms with E-state index in [1.165, 1.54) is 0 Å². The minimum atomic E-state index is -0.959. The quantitative estimate of drug-likeness (QED) is 0.558. The van der Waals surface area contributed by atoms with Gasteiger partial charge < -0.3 is 4.74 Å². The van der Waals surface area contributed by atoms with Crippen molar-refractivity contribution in [2.45, 2.75) is 46.1 Å². The zero-order valence-electron chi connectivity index (χ0n) is 10.0. The van der Waals surface area contributed by atoms with Gasteiger partial charge >= 0.3 is 5.97 Å². The Hall–Kier alpha value is -1.39. The summed E-state index contributed by atoms with van der Waals surface area (Å²) in [6.45, 7) is 6.87. The van der Waals surface area contributed by atoms with Crippen LogP contribution in [0.5, 0.6) is 0 Å². The lowest BCUT2D eigenvalue weighted by Crippen LogP contribution is -2.33. The minimum absolute atomic E-state index is 0.0467. The number of esters is 1. The van der Waals surface area contributed by atoms with Gasteiger partial charge in [0.2, 0.25) is 11.8 Å². The molecule has 0 aromatic heterocycles. The van der Waals surface area contributed by atoms with Crippen LogP contribution in [0.4, 0.5) is 0 Å². The summed E-state index contributed by atoms with van der Waals surface area (Å²) in [7, 11) is 0. The van der Waals surface area contributed by atoms with Gasteiger partial charge in [0.05, 0.1) is 11.8 Å². The summed E-state index contributed by atoms with van der Waals surface area (Å²) < 4.78 is 5.12. The van der Waals surface area contributed by atoms with Crippen LogP contribution < -0.4 is 5.32 Å². The summed E-state index contributed by atoms with van der Waals surface area (Å²) in [5.74, 6) is -1.20. The second kappa shape index (κ2) is 3.88. The fourth-order valence-electron chi connectivity index (χ4n) is 1.60. The van der Waals surface area contributed by atoms with Gasteiger partial charge in [-0.1, -0.05) is 0 Å². The van der Waals surface area contributed by atoms with Gasteiger partial charge in [-0.15, -0.1) is 0 Å². The van der Waals surface area contributed by atoms with Gasteiger partial charge in [-0.3, -0.25) is 19.7 Å². The van der Waals surface area contributed by atoms with E-state index in [0.29, 0.717) is 0 Å². The molecule has 0 aliphatic carbocycles. The monoisotopic (exact) mass is 227 g/mol. The van der Waals surface area contributed by atoms with E-state index in [2.05, 4.69) is 5.32 Å². The molecule has 0 radical (unpaired) electrons. The lowest BCUT2D eigenvalue weighted by molar-refractivity contribution is -0.159. The molecule has 0 aromatic rings. The number of hydrogen-bond acceptors (Lipinski definition) is 4. The van der Waals surface area contributed by atoms with Gasteiger partial charge in [-0.2, -0.15) is 0 Å². The van der Waals surface area contributed by atoms with Gasteiger partial charge in [0.15, 0.2) is 0 Å². The maximum absolute atomic E-state index is 11.6. The fraction of sp³-hybridized carbons (Fsp3) is 0.727. The molecule has 5 heteroatoms. The van der Waals surface area contributed by atoms with Crippen molar-refractivity contribution in [3.05, 3.63) is 0 Å². The third-order valence-corrected chi connectivity index (χ3v) is 2.31. The first-order valence-corrected chi connectivity index (χ1v) is 5.18. The van der Waals surface area contributed by atoms with Gasteiger partial charge in [0.1, 0.15) is 5.60 Å². The molecule has 16 heavy (non-hydrogen) atoms. The van der Waals surface area contributed by atoms with Crippen molar-refractivity contribution in [3.8, 4) is 0 Å². The standard InChI is InChI=1S/C11H17NO4/c1-10(2,3)16-8(14)6-11(4)5-7(13)12-9(11)15/h5-6H2,1-4H3,(H,12,13,15). The number of imide groups is 1. The maximum Gasteiger partial charge on any atom is 0.307 e. The van der Waals surface area contributed by atoms with E-state index in [9.17, 15) is 14.4 Å². The average Bonchev–Trinajstić information content (AvgIpc) is 2.19. The highest BCUT2D eigenvalue weighted by Gasteiger charge is 2.44. The Morgan fingerprint density at radius 2 is 2.00 bits per heavy atom. The molecule has 1 heterocycles. The van der Waals surface area contributed by atoms with Crippen LogP contribution in [0.2, 0.25) is 0 Å². The molecule has 2 amide bonds. The Morgan fingerprint density at radius 1 is 1.44 bits per heavy atom. The summed E-state index contributed by atoms with van der Waals surface area (Å²) in [6.07, 6.45) is -0.0209. The van der Waals surface area contributed by atoms with Crippen LogP contribution in [0, 0.1) is 5.41 Å². The van der Waals surface area contributed by atoms with Crippen molar-refractivity contribution in [2.75, 3.05) is 0 Å². The summed E-state index contributed by atoms with van der Waals surface area (Å²) in [5.41, 5.74) is -1.54. The number of nitrogens with one attached hydrogen (secondary N) is 1. The first-order chi connectivity index (χ1) is 7.12. The smallest absolute Gasteiger partial charge is 0.307 e. The third kappa shape index (κ3) is 3.05. The van der Waals surface area contributed by atoms with Crippen LogP contribution in [0.25, 0.3) is 0 Å². The first-order valence-electron chi connectivity index (χ1n) is 5.18. The van der Waals surface area contributed by atoms with E-state index in [4.69, 9.17) is 4.74 Å². The van der Waals surface area contributed by atoms with Crippen LogP contribution in [-0.2, 0) is 19.1 Å². The molecule has 0 aromatic carbocycles. The average molecular weight is 227 g/mol. The number of ether oxygens (including phenoxy) is 1. The first kappa shape index (κ1) is 12.7. The molecular formula is C11H17NO4. The van der Waals surface area contributed by atoms with E-state index in [-0.39, 0.29) is 18.7 Å². The Kier molecular flexibility index (Phi) is 3.08. The minimum Gasteiger partial charge on any atom is -0.460 e. The van der Waals surface area contributed by atoms with Crippen molar-refractivity contribution < 1.29 is 19.1 Å². The highest BCUT2D eigenvalue weighted by Crippen LogP contribution is 2.31. The van der Waals surface area contributed by atoms with Gasteiger partial charge in [-0.05, 0) is 27.7 Å². The summed E-state index contributed by atoms with van der Waals surface area (Å²) in [6, 6.07) is 0. The SMILES string of the molecule is CC(C)(C)OC(=O)CC1(C)CC(=O)NC1=O. The molecule has 1 saturated heterocycles. The lowest BCUT2D eigenvalue weighted by Gasteiger charge is -2.23. The molecule has 1 atom stereocenters. The highest BCUT2D eigenvalue weighted by atomic mass is 16.6. The molecular weight excluding hydrogens is 210 g/mol. The zero-order valence-corrected chi connectivity index (χ0v) is 10.0. The van der Waals surface area contributed by atoms with Crippen LogP contribution in [0.15, 0.2) is 0 Å². The topological polar surface area (TPSA) is 72.5 Å². The Morgan fingerprint density at radius 3 is 2.38 bits per heavy atom. The molecule has 0 saturated carbocycles. The van der Waals surface area contributed by atoms with Gasteiger partial charge in [0, 0.05) is 6.42 Å². The second-order valence-corrected chi connectivity index (χ2v) is 5.38. The van der Waals surface area contributed by atoms with Crippen molar-refractivity contribution >= 4 is 17.8 Å². The van der Waals surface area contributed by atoms with Crippen LogP contribution in [-0.4, -0.2) is 23.4 Å². The summed E-state index contributed by atoms with van der Waals surface area (Å²) >= 11 is 0. The lowest BCUT2D eigenvalue weighted by atomic mass is 9.85. The Bertz CT molecular complexity index is 342. The zero-order chi connectivity index (χ0) is 12.6. The molecule has 90 valence electrons. The van der Waals surface area contributed by atoms with Crippen LogP contribution in [0.3, 0.4) is 0 Å². The van der Waals surface area contributed by atoms with E-state index in [1.54, 1.807) is 27.7 Å². The summed E-state index contributed by atoms with van der Waals surface area (Å²) in [5, 5.41) is 2.19. The molecule has 1 N–H and O–H groups in total. The van der Waals surface area contributed by atoms with Crippen molar-refractivity contribution in [2.24, 2.45) is 5.41 Å². The van der Waals surface area contributed by atoms with Gasteiger partial charge in [-0.25, -0.2) is 0 Å². The number of rotatable bonds is 2. The predicted octanol–water partition coefficient (Wildman–Crippen LogP) is 0.771. The number of carbonyl (C=O) groups is 3. The maximum atomic E-state index is 11.6. The largest absolute Gasteiger partial charge is 0.460 e. The molecule has 1 aliphatic rings. The number of hydrogen-bond donors (Lipinski definition) is 1. The van der Waals surface area contributed by atoms with E-state index >= 15 is 0 Å². The molecule has 1 fully saturated rings. The molecule has 1 unspecified atom stereocenters. The van der Waals surface area contributed by atoms with E-state index in [1.807, 2.05) is 0 Å². The predicted molar refractivity (Wildman–Crippen MR) is 56.3 cm³/mol. The molecule has 5 nitrogen and oxygen atoms in total. The number of carbonyl (C=O) groups excluding carboxylic acids is 3. The molecule has 1 rings (SSSR count). The van der Waals surface area contributed by atoms with Crippen LogP contribution >= 0.6 is 0 Å². The third-order valence-electron chi connectivity index (χ3n) is 2.31. The second-order valence-electron chi connectivity index (χ2n) is 5.38. The van der Waals surface area contributed by atoms with Gasteiger partial charge in [0.25, 0.3) is 0 Å². The van der Waals surface area contributed by atoms with E-state index in [0.717, 1.165) is 0 Å². The van der Waals surface area contributed by atoms with E-state index < -0.39 is 22.9 Å². The molecule has 0 bridgehead atoms. The van der Waals surface area contributed by atoms with Crippen molar-refractivity contribution in [3.63, 3.8) is 0 Å². The molecule has 1 aliphatic heterocycles. The molecule has 0 spiro atoms. The number of amides is 2. The highest BCUT2D eigenvalue weighted by molar-refractivity contribution is 6.06. The van der Waals surface area contributed by atoms with Crippen LogP contribution in [0.1, 0.15) is 40.5 Å². The van der Waals surface area contributed by atoms with Crippen molar-refractivity contribution in [1.29, 1.82) is 0 Å². The van der Waals surface area contributed by atoms with Crippen molar-refractivity contribution in [1.82, 2.24) is 5.32 Å². The summed E-state index contributed by atoms with van der Waals surface area (Å²) in [4.78, 5) is 34.1. The Labute approximate surface area is 94.5 Å².